The highest BCUT2D eigenvalue weighted by Crippen LogP contribution is 2.33. The van der Waals surface area contributed by atoms with Gasteiger partial charge in [0.25, 0.3) is 0 Å². The molecule has 0 aromatic carbocycles. The molecule has 6 nitrogen and oxygen atoms in total. The fourth-order valence-corrected chi connectivity index (χ4v) is 2.79. The Morgan fingerprint density at radius 1 is 1.37 bits per heavy atom. The van der Waals surface area contributed by atoms with Crippen LogP contribution in [0, 0.1) is 17.8 Å². The van der Waals surface area contributed by atoms with E-state index in [2.05, 4.69) is 38.9 Å². The zero-order valence-corrected chi connectivity index (χ0v) is 15.6. The predicted octanol–water partition coefficient (Wildman–Crippen LogP) is 3.22. The van der Waals surface area contributed by atoms with Crippen LogP contribution >= 0.6 is 0 Å². The number of aromatic nitrogens is 3. The minimum atomic E-state index is -0.548. The first kappa shape index (κ1) is 19.1. The highest BCUT2D eigenvalue weighted by Gasteiger charge is 2.31. The van der Waals surface area contributed by atoms with Gasteiger partial charge in [0.1, 0.15) is 5.82 Å². The second kappa shape index (κ2) is 9.28. The van der Waals surface area contributed by atoms with Crippen LogP contribution < -0.4 is 16.0 Å². The summed E-state index contributed by atoms with van der Waals surface area (Å²) in [5.74, 6) is 7.07. The van der Waals surface area contributed by atoms with E-state index in [4.69, 9.17) is 10.7 Å². The molecule has 7 heteroatoms. The molecule has 0 atom stereocenters. The molecule has 27 heavy (non-hydrogen) atoms. The third-order valence-corrected chi connectivity index (χ3v) is 4.20. The Hall–Kier alpha value is -2.72. The zero-order chi connectivity index (χ0) is 19.1. The van der Waals surface area contributed by atoms with Gasteiger partial charge in [-0.15, -0.1) is 0 Å². The largest absolute Gasteiger partial charge is 0.352 e. The van der Waals surface area contributed by atoms with Gasteiger partial charge in [-0.2, -0.15) is 9.37 Å². The van der Waals surface area contributed by atoms with Gasteiger partial charge in [0.2, 0.25) is 11.9 Å². The number of pyridine rings is 1. The molecule has 142 valence electrons. The second-order valence-electron chi connectivity index (χ2n) is 6.54. The number of nitrogens with two attached hydrogens (primary N) is 1. The average Bonchev–Trinajstić information content (AvgIpc) is 3.49. The van der Waals surface area contributed by atoms with E-state index in [0.29, 0.717) is 24.2 Å². The topological polar surface area (TPSA) is 80.0 Å². The van der Waals surface area contributed by atoms with Gasteiger partial charge in [-0.05, 0) is 38.3 Å². The van der Waals surface area contributed by atoms with Crippen molar-refractivity contribution in [2.75, 3.05) is 23.3 Å². The van der Waals surface area contributed by atoms with Gasteiger partial charge in [0, 0.05) is 37.0 Å². The van der Waals surface area contributed by atoms with Crippen molar-refractivity contribution < 1.29 is 4.39 Å². The lowest BCUT2D eigenvalue weighted by Crippen LogP contribution is -2.28. The highest BCUT2D eigenvalue weighted by atomic mass is 19.1. The van der Waals surface area contributed by atoms with Crippen LogP contribution in [-0.2, 0) is 0 Å². The SMILES string of the molecule is CCCN(c1nc(Nc2ccnc(F)c2)ncc1C#CCCCN)C1CC1. The van der Waals surface area contributed by atoms with E-state index in [1.165, 1.54) is 25.1 Å². The fraction of sp³-hybridized carbons (Fsp3) is 0.450. The van der Waals surface area contributed by atoms with Crippen LogP contribution in [0.4, 0.5) is 21.8 Å². The summed E-state index contributed by atoms with van der Waals surface area (Å²) in [7, 11) is 0. The standard InChI is InChI=1S/C20H25FN6/c1-2-12-27(17-7-8-17)19-15(6-4-3-5-10-22)14-24-20(26-19)25-16-9-11-23-18(21)13-16/h9,11,13-14,17H,2-3,5,7-8,10,12,22H2,1H3,(H,23,24,25,26). The Kier molecular flexibility index (Phi) is 6.55. The molecule has 2 aromatic heterocycles. The molecule has 1 aliphatic carbocycles. The Labute approximate surface area is 159 Å². The molecule has 0 spiro atoms. The molecule has 0 aliphatic heterocycles. The number of rotatable bonds is 8. The smallest absolute Gasteiger partial charge is 0.229 e. The molecular weight excluding hydrogens is 343 g/mol. The monoisotopic (exact) mass is 368 g/mol. The molecule has 0 radical (unpaired) electrons. The maximum Gasteiger partial charge on any atom is 0.229 e. The summed E-state index contributed by atoms with van der Waals surface area (Å²) in [6.45, 7) is 3.71. The summed E-state index contributed by atoms with van der Waals surface area (Å²) in [5, 5.41) is 3.05. The van der Waals surface area contributed by atoms with E-state index in [9.17, 15) is 4.39 Å². The van der Waals surface area contributed by atoms with E-state index < -0.39 is 5.95 Å². The first-order valence-corrected chi connectivity index (χ1v) is 9.42. The van der Waals surface area contributed by atoms with Crippen LogP contribution in [0.1, 0.15) is 44.6 Å². The van der Waals surface area contributed by atoms with Crippen molar-refractivity contribution >= 4 is 17.5 Å². The van der Waals surface area contributed by atoms with Crippen molar-refractivity contribution in [2.24, 2.45) is 5.73 Å². The molecule has 0 bridgehead atoms. The molecule has 1 aliphatic rings. The molecular formula is C20H25FN6. The normalized spacial score (nSPS) is 13.0. The number of hydrogen-bond acceptors (Lipinski definition) is 6. The summed E-state index contributed by atoms with van der Waals surface area (Å²) in [4.78, 5) is 15.0. The third kappa shape index (κ3) is 5.38. The summed E-state index contributed by atoms with van der Waals surface area (Å²) in [6.07, 6.45) is 8.14. The quantitative estimate of drug-likeness (QED) is 0.423. The number of anilines is 3. The average molecular weight is 368 g/mol. The Balaban J connectivity index is 1.89. The van der Waals surface area contributed by atoms with Crippen LogP contribution in [0.5, 0.6) is 0 Å². The minimum Gasteiger partial charge on any atom is -0.352 e. The Morgan fingerprint density at radius 3 is 2.93 bits per heavy atom. The molecule has 3 N–H and O–H groups in total. The molecule has 0 unspecified atom stereocenters. The van der Waals surface area contributed by atoms with Crippen molar-refractivity contribution in [1.82, 2.24) is 15.0 Å². The van der Waals surface area contributed by atoms with Crippen molar-refractivity contribution in [3.63, 3.8) is 0 Å². The molecule has 0 amide bonds. The van der Waals surface area contributed by atoms with Crippen molar-refractivity contribution in [3.8, 4) is 11.8 Å². The molecule has 0 saturated heterocycles. The Morgan fingerprint density at radius 2 is 2.22 bits per heavy atom. The molecule has 2 heterocycles. The fourth-order valence-electron chi connectivity index (χ4n) is 2.79. The van der Waals surface area contributed by atoms with Crippen molar-refractivity contribution in [1.29, 1.82) is 0 Å². The molecule has 3 rings (SSSR count). The lowest BCUT2D eigenvalue weighted by atomic mass is 10.2. The van der Waals surface area contributed by atoms with E-state index in [0.717, 1.165) is 37.2 Å². The number of halogens is 1. The summed E-state index contributed by atoms with van der Waals surface area (Å²) >= 11 is 0. The summed E-state index contributed by atoms with van der Waals surface area (Å²) in [5.41, 5.74) is 6.91. The minimum absolute atomic E-state index is 0.421. The van der Waals surface area contributed by atoms with Crippen LogP contribution in [0.25, 0.3) is 0 Å². The van der Waals surface area contributed by atoms with E-state index in [1.807, 2.05) is 0 Å². The third-order valence-electron chi connectivity index (χ3n) is 4.20. The van der Waals surface area contributed by atoms with Gasteiger partial charge in [-0.25, -0.2) is 9.97 Å². The van der Waals surface area contributed by atoms with Gasteiger partial charge < -0.3 is 16.0 Å². The summed E-state index contributed by atoms with van der Waals surface area (Å²) in [6, 6.07) is 3.50. The second-order valence-corrected chi connectivity index (χ2v) is 6.54. The lowest BCUT2D eigenvalue weighted by molar-refractivity contribution is 0.584. The molecule has 1 saturated carbocycles. The van der Waals surface area contributed by atoms with Crippen LogP contribution in [0.15, 0.2) is 24.5 Å². The lowest BCUT2D eigenvalue weighted by Gasteiger charge is -2.24. The maximum atomic E-state index is 13.3. The first-order chi connectivity index (χ1) is 13.2. The van der Waals surface area contributed by atoms with E-state index >= 15 is 0 Å². The predicted molar refractivity (Wildman–Crippen MR) is 105 cm³/mol. The number of hydrogen-bond donors (Lipinski definition) is 2. The van der Waals surface area contributed by atoms with Gasteiger partial charge in [0.15, 0.2) is 0 Å². The van der Waals surface area contributed by atoms with Crippen molar-refractivity contribution in [2.45, 2.75) is 45.1 Å². The van der Waals surface area contributed by atoms with Crippen LogP contribution in [0.3, 0.4) is 0 Å². The first-order valence-electron chi connectivity index (χ1n) is 9.42. The number of nitrogens with one attached hydrogen (secondary N) is 1. The van der Waals surface area contributed by atoms with Gasteiger partial charge in [-0.1, -0.05) is 18.8 Å². The van der Waals surface area contributed by atoms with Gasteiger partial charge in [0.05, 0.1) is 11.8 Å². The Bertz CT molecular complexity index is 825. The highest BCUT2D eigenvalue weighted by molar-refractivity contribution is 5.61. The molecule has 1 fully saturated rings. The van der Waals surface area contributed by atoms with E-state index in [-0.39, 0.29) is 0 Å². The van der Waals surface area contributed by atoms with Gasteiger partial charge in [-0.3, -0.25) is 0 Å². The van der Waals surface area contributed by atoms with E-state index in [1.54, 1.807) is 12.3 Å². The van der Waals surface area contributed by atoms with Crippen LogP contribution in [-0.4, -0.2) is 34.1 Å². The maximum absolute atomic E-state index is 13.3. The van der Waals surface area contributed by atoms with Gasteiger partial charge >= 0.3 is 0 Å². The molecule has 2 aromatic rings. The van der Waals surface area contributed by atoms with Crippen LogP contribution in [0.2, 0.25) is 0 Å². The summed E-state index contributed by atoms with van der Waals surface area (Å²) < 4.78 is 13.3. The zero-order valence-electron chi connectivity index (χ0n) is 15.6. The van der Waals surface area contributed by atoms with Crippen molar-refractivity contribution in [3.05, 3.63) is 36.0 Å². The number of nitrogens with zero attached hydrogens (tertiary/aromatic N) is 4. The number of unbranched alkanes of at least 4 members (excludes halogenated alkanes) is 1.